The van der Waals surface area contributed by atoms with Crippen LogP contribution in [0.2, 0.25) is 5.02 Å². The van der Waals surface area contributed by atoms with Crippen molar-refractivity contribution in [3.05, 3.63) is 69.9 Å². The number of halogens is 1. The summed E-state index contributed by atoms with van der Waals surface area (Å²) < 4.78 is 5.77. The molecule has 0 saturated carbocycles. The van der Waals surface area contributed by atoms with E-state index in [1.165, 1.54) is 5.56 Å². The molecule has 0 spiro atoms. The second kappa shape index (κ2) is 7.68. The summed E-state index contributed by atoms with van der Waals surface area (Å²) in [6.07, 6.45) is 0.755. The van der Waals surface area contributed by atoms with E-state index in [0.29, 0.717) is 18.1 Å². The first-order valence-electron chi connectivity index (χ1n) is 9.31. The molecular weight excluding hydrogens is 374 g/mol. The van der Waals surface area contributed by atoms with Crippen LogP contribution in [0.1, 0.15) is 22.4 Å². The van der Waals surface area contributed by atoms with Crippen LogP contribution in [-0.2, 0) is 17.8 Å². The van der Waals surface area contributed by atoms with Gasteiger partial charge in [-0.1, -0.05) is 41.4 Å². The van der Waals surface area contributed by atoms with E-state index in [1.54, 1.807) is 0 Å². The minimum atomic E-state index is -0.0196. The highest BCUT2D eigenvalue weighted by Crippen LogP contribution is 2.29. The van der Waals surface area contributed by atoms with Crippen molar-refractivity contribution in [1.82, 2.24) is 15.1 Å². The number of H-pyrrole nitrogens is 1. The van der Waals surface area contributed by atoms with Gasteiger partial charge in [-0.3, -0.25) is 9.89 Å². The van der Waals surface area contributed by atoms with Gasteiger partial charge in [0, 0.05) is 41.4 Å². The van der Waals surface area contributed by atoms with Crippen LogP contribution in [0.15, 0.2) is 42.5 Å². The van der Waals surface area contributed by atoms with E-state index in [1.807, 2.05) is 55.1 Å². The lowest BCUT2D eigenvalue weighted by Gasteiger charge is -2.27. The maximum atomic E-state index is 12.7. The molecule has 1 aromatic heterocycles. The zero-order chi connectivity index (χ0) is 19.7. The number of aromatic amines is 1. The van der Waals surface area contributed by atoms with Crippen molar-refractivity contribution >= 4 is 17.5 Å². The van der Waals surface area contributed by atoms with Gasteiger partial charge in [0.15, 0.2) is 6.61 Å². The number of fused-ring (bicyclic) bond motifs is 1. The fraction of sp³-hybridized carbons (Fsp3) is 0.273. The molecular formula is C22H22ClN3O2. The van der Waals surface area contributed by atoms with Crippen molar-refractivity contribution in [1.29, 1.82) is 0 Å². The van der Waals surface area contributed by atoms with E-state index in [4.69, 9.17) is 16.3 Å². The molecule has 1 amide bonds. The summed E-state index contributed by atoms with van der Waals surface area (Å²) in [5.74, 6) is 0.732. The zero-order valence-corrected chi connectivity index (χ0v) is 16.7. The molecule has 1 N–H and O–H groups in total. The number of aromatic nitrogens is 2. The van der Waals surface area contributed by atoms with Crippen molar-refractivity contribution in [3.8, 4) is 17.0 Å². The molecule has 5 nitrogen and oxygen atoms in total. The third-order valence-electron chi connectivity index (χ3n) is 5.09. The van der Waals surface area contributed by atoms with Crippen molar-refractivity contribution in [3.63, 3.8) is 0 Å². The van der Waals surface area contributed by atoms with Crippen molar-refractivity contribution < 1.29 is 9.53 Å². The Hall–Kier alpha value is -2.79. The normalized spacial score (nSPS) is 13.3. The molecule has 2 aromatic carbocycles. The Morgan fingerprint density at radius 1 is 1.21 bits per heavy atom. The number of nitrogens with zero attached hydrogens (tertiary/aromatic N) is 2. The van der Waals surface area contributed by atoms with Gasteiger partial charge in [0.2, 0.25) is 0 Å². The highest BCUT2D eigenvalue weighted by atomic mass is 35.5. The first kappa shape index (κ1) is 18.6. The molecule has 144 valence electrons. The van der Waals surface area contributed by atoms with Crippen molar-refractivity contribution in [2.45, 2.75) is 26.8 Å². The van der Waals surface area contributed by atoms with Crippen LogP contribution >= 0.6 is 11.6 Å². The number of benzene rings is 2. The van der Waals surface area contributed by atoms with E-state index in [0.717, 1.165) is 40.2 Å². The molecule has 1 aliphatic heterocycles. The molecule has 0 bridgehead atoms. The molecule has 2 heterocycles. The van der Waals surface area contributed by atoms with Gasteiger partial charge in [0.05, 0.1) is 5.69 Å². The maximum Gasteiger partial charge on any atom is 0.260 e. The molecule has 0 unspecified atom stereocenters. The smallest absolute Gasteiger partial charge is 0.260 e. The van der Waals surface area contributed by atoms with Gasteiger partial charge in [-0.15, -0.1) is 0 Å². The summed E-state index contributed by atoms with van der Waals surface area (Å²) in [6, 6.07) is 13.6. The molecule has 3 aromatic rings. The molecule has 1 aliphatic rings. The molecule has 0 radical (unpaired) electrons. The Kier molecular flexibility index (Phi) is 5.09. The van der Waals surface area contributed by atoms with E-state index in [9.17, 15) is 4.79 Å². The summed E-state index contributed by atoms with van der Waals surface area (Å²) >= 11 is 5.99. The SMILES string of the molecule is Cc1ccc(OCC(=O)N2CCc3[nH]nc(-c4ccc(Cl)cc4)c3C2)c(C)c1. The summed E-state index contributed by atoms with van der Waals surface area (Å²) in [4.78, 5) is 14.6. The highest BCUT2D eigenvalue weighted by Gasteiger charge is 2.26. The van der Waals surface area contributed by atoms with E-state index < -0.39 is 0 Å². The number of amides is 1. The van der Waals surface area contributed by atoms with Crippen LogP contribution < -0.4 is 4.74 Å². The molecule has 0 aliphatic carbocycles. The average molecular weight is 396 g/mol. The fourth-order valence-electron chi connectivity index (χ4n) is 3.55. The Labute approximate surface area is 169 Å². The third-order valence-corrected chi connectivity index (χ3v) is 5.34. The average Bonchev–Trinajstić information content (AvgIpc) is 3.11. The summed E-state index contributed by atoms with van der Waals surface area (Å²) in [5.41, 5.74) is 6.22. The van der Waals surface area contributed by atoms with Crippen molar-refractivity contribution in [2.75, 3.05) is 13.2 Å². The van der Waals surface area contributed by atoms with Crippen LogP contribution in [0.25, 0.3) is 11.3 Å². The van der Waals surface area contributed by atoms with Crippen molar-refractivity contribution in [2.24, 2.45) is 0 Å². The number of nitrogens with one attached hydrogen (secondary N) is 1. The number of carbonyl (C=O) groups excluding carboxylic acids is 1. The number of ether oxygens (including phenoxy) is 1. The number of carbonyl (C=O) groups is 1. The fourth-order valence-corrected chi connectivity index (χ4v) is 3.67. The Balaban J connectivity index is 1.46. The van der Waals surface area contributed by atoms with Crippen LogP contribution in [0.3, 0.4) is 0 Å². The lowest BCUT2D eigenvalue weighted by molar-refractivity contribution is -0.134. The molecule has 6 heteroatoms. The Morgan fingerprint density at radius 2 is 2.00 bits per heavy atom. The monoisotopic (exact) mass is 395 g/mol. The summed E-state index contributed by atoms with van der Waals surface area (Å²) in [6.45, 7) is 5.25. The molecule has 0 atom stereocenters. The summed E-state index contributed by atoms with van der Waals surface area (Å²) in [5, 5.41) is 8.27. The predicted molar refractivity (Wildman–Crippen MR) is 110 cm³/mol. The van der Waals surface area contributed by atoms with Gasteiger partial charge in [-0.2, -0.15) is 5.10 Å². The molecule has 0 fully saturated rings. The van der Waals surface area contributed by atoms with E-state index in [-0.39, 0.29) is 12.5 Å². The largest absolute Gasteiger partial charge is 0.484 e. The topological polar surface area (TPSA) is 58.2 Å². The van der Waals surface area contributed by atoms with Crippen LogP contribution in [0.4, 0.5) is 0 Å². The first-order valence-corrected chi connectivity index (χ1v) is 9.69. The minimum absolute atomic E-state index is 0.0196. The van der Waals surface area contributed by atoms with Gasteiger partial charge in [0.1, 0.15) is 5.75 Å². The maximum absolute atomic E-state index is 12.7. The zero-order valence-electron chi connectivity index (χ0n) is 16.0. The Bertz CT molecular complexity index is 1010. The number of rotatable bonds is 4. The van der Waals surface area contributed by atoms with E-state index in [2.05, 4.69) is 16.3 Å². The molecule has 4 rings (SSSR count). The number of hydrogen-bond acceptors (Lipinski definition) is 3. The standard InChI is InChI=1S/C22H22ClN3O2/c1-14-3-8-20(15(2)11-14)28-13-21(27)26-10-9-19-18(12-26)22(25-24-19)16-4-6-17(23)7-5-16/h3-8,11H,9-10,12-13H2,1-2H3,(H,24,25). The van der Waals surface area contributed by atoms with Gasteiger partial charge >= 0.3 is 0 Å². The van der Waals surface area contributed by atoms with Crippen LogP contribution in [-0.4, -0.2) is 34.2 Å². The second-order valence-electron chi connectivity index (χ2n) is 7.16. The van der Waals surface area contributed by atoms with Gasteiger partial charge in [0.25, 0.3) is 5.91 Å². The van der Waals surface area contributed by atoms with Crippen LogP contribution in [0, 0.1) is 13.8 Å². The first-order chi connectivity index (χ1) is 13.5. The highest BCUT2D eigenvalue weighted by molar-refractivity contribution is 6.30. The number of aryl methyl sites for hydroxylation is 2. The van der Waals surface area contributed by atoms with Gasteiger partial charge in [-0.25, -0.2) is 0 Å². The predicted octanol–water partition coefficient (Wildman–Crippen LogP) is 4.31. The minimum Gasteiger partial charge on any atom is -0.484 e. The second-order valence-corrected chi connectivity index (χ2v) is 7.60. The summed E-state index contributed by atoms with van der Waals surface area (Å²) in [7, 11) is 0. The van der Waals surface area contributed by atoms with Gasteiger partial charge in [-0.05, 0) is 37.6 Å². The Morgan fingerprint density at radius 3 is 2.75 bits per heavy atom. The van der Waals surface area contributed by atoms with E-state index >= 15 is 0 Å². The molecule has 28 heavy (non-hydrogen) atoms. The number of hydrogen-bond donors (Lipinski definition) is 1. The quantitative estimate of drug-likeness (QED) is 0.716. The molecule has 0 saturated heterocycles. The van der Waals surface area contributed by atoms with Gasteiger partial charge < -0.3 is 9.64 Å². The lowest BCUT2D eigenvalue weighted by atomic mass is 10.0. The third kappa shape index (κ3) is 3.76. The van der Waals surface area contributed by atoms with Crippen LogP contribution in [0.5, 0.6) is 5.75 Å². The lowest BCUT2D eigenvalue weighted by Crippen LogP contribution is -2.38.